The van der Waals surface area contributed by atoms with E-state index in [1.54, 1.807) is 0 Å². The number of rotatable bonds is 0. The van der Waals surface area contributed by atoms with Crippen molar-refractivity contribution in [1.82, 2.24) is 0 Å². The third-order valence-electron chi connectivity index (χ3n) is 2.47. The van der Waals surface area contributed by atoms with Crippen molar-refractivity contribution >= 4 is 33.2 Å². The Balaban J connectivity index is 2.56. The van der Waals surface area contributed by atoms with Crippen LogP contribution in [0.15, 0.2) is 16.6 Å². The van der Waals surface area contributed by atoms with Crippen LogP contribution in [0.3, 0.4) is 0 Å². The van der Waals surface area contributed by atoms with E-state index in [1.165, 1.54) is 17.7 Å². The average Bonchev–Trinajstić information content (AvgIpc) is 2.07. The molecular weight excluding hydrogens is 249 g/mol. The molecule has 0 radical (unpaired) electrons. The van der Waals surface area contributed by atoms with Gasteiger partial charge in [-0.1, -0.05) is 27.5 Å². The molecule has 3 heteroatoms. The molecule has 0 aliphatic carbocycles. The first-order chi connectivity index (χ1) is 6.18. The normalized spacial score (nSPS) is 15.8. The lowest BCUT2D eigenvalue weighted by Gasteiger charge is -2.28. The summed E-state index contributed by atoms with van der Waals surface area (Å²) in [6.45, 7) is 1.12. The van der Waals surface area contributed by atoms with Crippen molar-refractivity contribution in [3.63, 3.8) is 0 Å². The molecule has 1 heterocycles. The smallest absolute Gasteiger partial charge is 0.0469 e. The van der Waals surface area contributed by atoms with Crippen LogP contribution in [0, 0.1) is 0 Å². The molecule has 0 unspecified atom stereocenters. The number of hydrogen-bond donors (Lipinski definition) is 0. The first-order valence-corrected chi connectivity index (χ1v) is 5.54. The lowest BCUT2D eigenvalue weighted by Crippen LogP contribution is -2.24. The van der Waals surface area contributed by atoms with Gasteiger partial charge in [0.1, 0.15) is 0 Å². The van der Waals surface area contributed by atoms with E-state index in [-0.39, 0.29) is 0 Å². The molecule has 2 rings (SSSR count). The largest absolute Gasteiger partial charge is 0.374 e. The summed E-state index contributed by atoms with van der Waals surface area (Å²) in [6, 6.07) is 4.11. The van der Waals surface area contributed by atoms with Gasteiger partial charge in [0.05, 0.1) is 0 Å². The van der Waals surface area contributed by atoms with E-state index >= 15 is 0 Å². The van der Waals surface area contributed by atoms with Crippen LogP contribution in [-0.4, -0.2) is 13.6 Å². The fourth-order valence-electron chi connectivity index (χ4n) is 1.79. The molecule has 1 aromatic rings. The molecular formula is C10H11BrClN. The quantitative estimate of drug-likeness (QED) is 0.690. The van der Waals surface area contributed by atoms with Gasteiger partial charge in [-0.05, 0) is 30.5 Å². The maximum atomic E-state index is 6.16. The Kier molecular flexibility index (Phi) is 2.52. The molecule has 0 saturated heterocycles. The number of anilines is 1. The van der Waals surface area contributed by atoms with E-state index in [4.69, 9.17) is 11.6 Å². The Morgan fingerprint density at radius 3 is 3.00 bits per heavy atom. The van der Waals surface area contributed by atoms with Gasteiger partial charge in [0.25, 0.3) is 0 Å². The molecule has 0 bridgehead atoms. The zero-order valence-corrected chi connectivity index (χ0v) is 9.82. The summed E-state index contributed by atoms with van der Waals surface area (Å²) < 4.78 is 1.06. The van der Waals surface area contributed by atoms with Crippen molar-refractivity contribution in [3.8, 4) is 0 Å². The monoisotopic (exact) mass is 259 g/mol. The van der Waals surface area contributed by atoms with Crippen LogP contribution >= 0.6 is 27.5 Å². The van der Waals surface area contributed by atoms with Gasteiger partial charge in [0.2, 0.25) is 0 Å². The minimum absolute atomic E-state index is 0.885. The summed E-state index contributed by atoms with van der Waals surface area (Å²) in [5.41, 5.74) is 2.56. The summed E-state index contributed by atoms with van der Waals surface area (Å²) in [5, 5.41) is 0.885. The molecule has 1 nitrogen and oxygen atoms in total. The molecule has 0 amide bonds. The fraction of sp³-hybridized carbons (Fsp3) is 0.400. The van der Waals surface area contributed by atoms with Crippen LogP contribution in [0.5, 0.6) is 0 Å². The van der Waals surface area contributed by atoms with Crippen LogP contribution in [-0.2, 0) is 6.42 Å². The second kappa shape index (κ2) is 3.50. The van der Waals surface area contributed by atoms with Crippen molar-refractivity contribution < 1.29 is 0 Å². The summed E-state index contributed by atoms with van der Waals surface area (Å²) in [7, 11) is 2.11. The van der Waals surface area contributed by atoms with Crippen molar-refractivity contribution in [2.75, 3.05) is 18.5 Å². The first-order valence-electron chi connectivity index (χ1n) is 4.37. The Morgan fingerprint density at radius 1 is 1.46 bits per heavy atom. The van der Waals surface area contributed by atoms with Gasteiger partial charge < -0.3 is 4.90 Å². The van der Waals surface area contributed by atoms with Gasteiger partial charge in [-0.25, -0.2) is 0 Å². The highest BCUT2D eigenvalue weighted by atomic mass is 79.9. The molecule has 0 atom stereocenters. The minimum atomic E-state index is 0.885. The number of hydrogen-bond acceptors (Lipinski definition) is 1. The molecule has 0 N–H and O–H groups in total. The maximum Gasteiger partial charge on any atom is 0.0469 e. The van der Waals surface area contributed by atoms with Gasteiger partial charge in [-0.2, -0.15) is 0 Å². The van der Waals surface area contributed by atoms with E-state index < -0.39 is 0 Å². The molecule has 0 spiro atoms. The predicted octanol–water partition coefficient (Wildman–Crippen LogP) is 3.48. The topological polar surface area (TPSA) is 3.24 Å². The molecule has 0 fully saturated rings. The maximum absolute atomic E-state index is 6.16. The van der Waals surface area contributed by atoms with Gasteiger partial charge >= 0.3 is 0 Å². The molecule has 70 valence electrons. The molecule has 13 heavy (non-hydrogen) atoms. The van der Waals surface area contributed by atoms with Gasteiger partial charge in [-0.15, -0.1) is 0 Å². The second-order valence-electron chi connectivity index (χ2n) is 3.41. The zero-order chi connectivity index (χ0) is 9.42. The third kappa shape index (κ3) is 1.70. The number of benzene rings is 1. The van der Waals surface area contributed by atoms with Crippen LogP contribution < -0.4 is 4.90 Å². The lowest BCUT2D eigenvalue weighted by atomic mass is 10.0. The van der Waals surface area contributed by atoms with E-state index in [0.29, 0.717) is 0 Å². The highest BCUT2D eigenvalue weighted by Gasteiger charge is 2.16. The van der Waals surface area contributed by atoms with Crippen LogP contribution in [0.1, 0.15) is 12.0 Å². The van der Waals surface area contributed by atoms with Crippen molar-refractivity contribution in [2.24, 2.45) is 0 Å². The number of fused-ring (bicyclic) bond motifs is 1. The van der Waals surface area contributed by atoms with E-state index in [0.717, 1.165) is 22.5 Å². The fourth-order valence-corrected chi connectivity index (χ4v) is 2.68. The predicted molar refractivity (Wildman–Crippen MR) is 60.7 cm³/mol. The van der Waals surface area contributed by atoms with Crippen LogP contribution in [0.2, 0.25) is 5.02 Å². The van der Waals surface area contributed by atoms with E-state index in [2.05, 4.69) is 33.9 Å². The van der Waals surface area contributed by atoms with Gasteiger partial charge in [-0.3, -0.25) is 0 Å². The van der Waals surface area contributed by atoms with Gasteiger partial charge in [0, 0.05) is 28.8 Å². The second-order valence-corrected chi connectivity index (χ2v) is 4.73. The van der Waals surface area contributed by atoms with E-state index in [1.807, 2.05) is 6.07 Å². The highest BCUT2D eigenvalue weighted by molar-refractivity contribution is 9.10. The molecule has 1 aromatic carbocycles. The Morgan fingerprint density at radius 2 is 2.23 bits per heavy atom. The summed E-state index contributed by atoms with van der Waals surface area (Å²) in [4.78, 5) is 2.26. The zero-order valence-electron chi connectivity index (χ0n) is 7.48. The Bertz CT molecular complexity index is 338. The summed E-state index contributed by atoms with van der Waals surface area (Å²) >= 11 is 9.61. The van der Waals surface area contributed by atoms with Crippen molar-refractivity contribution in [3.05, 3.63) is 27.2 Å². The van der Waals surface area contributed by atoms with E-state index in [9.17, 15) is 0 Å². The lowest BCUT2D eigenvalue weighted by molar-refractivity contribution is 0.744. The highest BCUT2D eigenvalue weighted by Crippen LogP contribution is 2.34. The number of nitrogens with zero attached hydrogens (tertiary/aromatic N) is 1. The number of halogens is 2. The Labute approximate surface area is 91.8 Å². The van der Waals surface area contributed by atoms with Crippen molar-refractivity contribution in [2.45, 2.75) is 12.8 Å². The summed E-state index contributed by atoms with van der Waals surface area (Å²) in [6.07, 6.45) is 2.30. The minimum Gasteiger partial charge on any atom is -0.374 e. The standard InChI is InChI=1S/C10H11BrClN/c1-13-4-2-3-8-9(12)5-7(11)6-10(8)13/h5-6H,2-4H2,1H3. The Hall–Kier alpha value is -0.210. The average molecular weight is 261 g/mol. The van der Waals surface area contributed by atoms with Gasteiger partial charge in [0.15, 0.2) is 0 Å². The molecule has 1 aliphatic rings. The molecule has 1 aliphatic heterocycles. The third-order valence-corrected chi connectivity index (χ3v) is 3.26. The molecule has 0 aromatic heterocycles. The van der Waals surface area contributed by atoms with Crippen molar-refractivity contribution in [1.29, 1.82) is 0 Å². The van der Waals surface area contributed by atoms with Crippen LogP contribution in [0.4, 0.5) is 5.69 Å². The van der Waals surface area contributed by atoms with Crippen LogP contribution in [0.25, 0.3) is 0 Å². The first kappa shape index (κ1) is 9.35. The SMILES string of the molecule is CN1CCCc2c(Cl)cc(Br)cc21. The summed E-state index contributed by atoms with van der Waals surface area (Å²) in [5.74, 6) is 0. The molecule has 0 saturated carbocycles.